The van der Waals surface area contributed by atoms with Gasteiger partial charge in [-0.3, -0.25) is 4.90 Å². The van der Waals surface area contributed by atoms with E-state index < -0.39 is 47.9 Å². The highest BCUT2D eigenvalue weighted by Crippen LogP contribution is 2.40. The van der Waals surface area contributed by atoms with Crippen molar-refractivity contribution in [2.45, 2.75) is 63.2 Å². The summed E-state index contributed by atoms with van der Waals surface area (Å²) in [6.07, 6.45) is -7.45. The normalized spacial score (nSPS) is 21.1. The molecule has 0 radical (unpaired) electrons. The van der Waals surface area contributed by atoms with Gasteiger partial charge in [0.05, 0.1) is 17.2 Å². The summed E-state index contributed by atoms with van der Waals surface area (Å²) in [4.78, 5) is 21.0. The highest BCUT2D eigenvalue weighted by molar-refractivity contribution is 5.75. The van der Waals surface area contributed by atoms with E-state index in [0.29, 0.717) is 30.7 Å². The fraction of sp³-hybridized carbons (Fsp3) is 0.552. The Labute approximate surface area is 235 Å². The van der Waals surface area contributed by atoms with Crippen LogP contribution in [0.4, 0.5) is 35.5 Å². The molecule has 2 aromatic carbocycles. The van der Waals surface area contributed by atoms with Crippen LogP contribution in [0.15, 0.2) is 36.4 Å². The lowest BCUT2D eigenvalue weighted by atomic mass is 9.92. The van der Waals surface area contributed by atoms with Gasteiger partial charge in [0, 0.05) is 32.2 Å². The molecule has 41 heavy (non-hydrogen) atoms. The van der Waals surface area contributed by atoms with Crippen LogP contribution in [-0.4, -0.2) is 78.5 Å². The lowest BCUT2D eigenvalue weighted by Crippen LogP contribution is -2.49. The van der Waals surface area contributed by atoms with Gasteiger partial charge in [0.1, 0.15) is 5.82 Å². The molecule has 0 bridgehead atoms. The molecule has 4 rings (SSSR count). The van der Waals surface area contributed by atoms with Crippen LogP contribution in [0.1, 0.15) is 53.1 Å². The maximum absolute atomic E-state index is 14.0. The van der Waals surface area contributed by atoms with E-state index in [1.165, 1.54) is 19.2 Å². The van der Waals surface area contributed by atoms with Gasteiger partial charge in [0.15, 0.2) is 0 Å². The second-order valence-electron chi connectivity index (χ2n) is 11.2. The van der Waals surface area contributed by atoms with Crippen molar-refractivity contribution in [3.63, 3.8) is 0 Å². The topological polar surface area (TPSA) is 30.0 Å². The molecule has 0 saturated carbocycles. The number of carbonyl (C=O) groups excluding carboxylic acids is 1. The highest BCUT2D eigenvalue weighted by Gasteiger charge is 2.44. The fourth-order valence-electron chi connectivity index (χ4n) is 6.11. The van der Waals surface area contributed by atoms with Crippen LogP contribution in [0.3, 0.4) is 0 Å². The molecule has 2 unspecified atom stereocenters. The number of halogens is 7. The van der Waals surface area contributed by atoms with Crippen LogP contribution in [0.25, 0.3) is 0 Å². The molecule has 2 fully saturated rings. The molecule has 12 heteroatoms. The van der Waals surface area contributed by atoms with E-state index in [-0.39, 0.29) is 23.7 Å². The number of aryl methyl sites for hydroxylation is 1. The maximum atomic E-state index is 14.0. The average Bonchev–Trinajstić information content (AvgIpc) is 3.31. The Balaban J connectivity index is 1.63. The van der Waals surface area contributed by atoms with E-state index >= 15 is 0 Å². The summed E-state index contributed by atoms with van der Waals surface area (Å²) in [6, 6.07) is 4.92. The van der Waals surface area contributed by atoms with Gasteiger partial charge in [-0.2, -0.15) is 26.3 Å². The Morgan fingerprint density at radius 2 is 1.49 bits per heavy atom. The number of carbonyl (C=O) groups is 1. The molecule has 2 heterocycles. The van der Waals surface area contributed by atoms with Crippen LogP contribution < -0.4 is 0 Å². The van der Waals surface area contributed by atoms with Gasteiger partial charge in [-0.15, -0.1) is 0 Å². The lowest BCUT2D eigenvalue weighted by Gasteiger charge is -2.41. The van der Waals surface area contributed by atoms with Gasteiger partial charge >= 0.3 is 18.4 Å². The van der Waals surface area contributed by atoms with Crippen LogP contribution in [0.2, 0.25) is 0 Å². The standard InChI is InChI=1S/C29H35F7N4O/c1-18-13-22(30)5-6-24(18)26-25(39(4)23-7-10-37(2)11-8-23)9-12-40(26)27(41)38(3)17-19-14-20(28(31,32)33)16-21(15-19)29(34,35)36/h5-6,13-16,23,25-26H,7-12,17H2,1-4H3. The second kappa shape index (κ2) is 11.8. The quantitative estimate of drug-likeness (QED) is 0.371. The Kier molecular flexibility index (Phi) is 8.94. The van der Waals surface area contributed by atoms with Crippen molar-refractivity contribution in [2.24, 2.45) is 0 Å². The van der Waals surface area contributed by atoms with Crippen molar-refractivity contribution in [1.82, 2.24) is 19.6 Å². The summed E-state index contributed by atoms with van der Waals surface area (Å²) in [5.74, 6) is -0.413. The van der Waals surface area contributed by atoms with Gasteiger partial charge in [0.25, 0.3) is 0 Å². The molecular formula is C29H35F7N4O. The zero-order valence-electron chi connectivity index (χ0n) is 23.5. The number of likely N-dealkylation sites (N-methyl/N-ethyl adjacent to an activating group) is 1. The number of amides is 2. The minimum absolute atomic E-state index is 0.0720. The molecule has 2 aliphatic rings. The number of nitrogens with zero attached hydrogens (tertiary/aromatic N) is 4. The number of piperidine rings is 1. The van der Waals surface area contributed by atoms with Gasteiger partial charge in [-0.25, -0.2) is 9.18 Å². The van der Waals surface area contributed by atoms with Crippen molar-refractivity contribution in [3.8, 4) is 0 Å². The minimum atomic E-state index is -4.98. The van der Waals surface area contributed by atoms with Crippen molar-refractivity contribution in [1.29, 1.82) is 0 Å². The first kappa shape index (κ1) is 31.1. The van der Waals surface area contributed by atoms with E-state index in [2.05, 4.69) is 16.8 Å². The van der Waals surface area contributed by atoms with E-state index in [1.807, 2.05) is 7.05 Å². The number of urea groups is 1. The smallest absolute Gasteiger partial charge is 0.323 e. The van der Waals surface area contributed by atoms with Gasteiger partial charge in [0.2, 0.25) is 0 Å². The summed E-state index contributed by atoms with van der Waals surface area (Å²) in [5, 5.41) is 0. The predicted octanol–water partition coefficient (Wildman–Crippen LogP) is 6.57. The molecule has 0 N–H and O–H groups in total. The summed E-state index contributed by atoms with van der Waals surface area (Å²) in [6.45, 7) is 3.52. The van der Waals surface area contributed by atoms with Crippen molar-refractivity contribution >= 4 is 6.03 Å². The van der Waals surface area contributed by atoms with Crippen LogP contribution >= 0.6 is 0 Å². The summed E-state index contributed by atoms with van der Waals surface area (Å²) < 4.78 is 94.3. The predicted molar refractivity (Wildman–Crippen MR) is 141 cm³/mol. The summed E-state index contributed by atoms with van der Waals surface area (Å²) >= 11 is 0. The first-order valence-electron chi connectivity index (χ1n) is 13.5. The van der Waals surface area contributed by atoms with Crippen LogP contribution in [0, 0.1) is 12.7 Å². The number of rotatable bonds is 5. The fourth-order valence-corrected chi connectivity index (χ4v) is 6.11. The van der Waals surface area contributed by atoms with Gasteiger partial charge < -0.3 is 14.7 Å². The van der Waals surface area contributed by atoms with E-state index in [1.54, 1.807) is 17.9 Å². The Hall–Kier alpha value is -2.86. The highest BCUT2D eigenvalue weighted by atomic mass is 19.4. The molecule has 0 aromatic heterocycles. The minimum Gasteiger partial charge on any atom is -0.323 e. The molecule has 5 nitrogen and oxygen atoms in total. The van der Waals surface area contributed by atoms with Crippen LogP contribution in [-0.2, 0) is 18.9 Å². The molecule has 2 aliphatic heterocycles. The molecule has 2 amide bonds. The Morgan fingerprint density at radius 3 is 2.02 bits per heavy atom. The molecule has 2 saturated heterocycles. The zero-order valence-corrected chi connectivity index (χ0v) is 23.5. The molecular weight excluding hydrogens is 553 g/mol. The maximum Gasteiger partial charge on any atom is 0.416 e. The Bertz CT molecular complexity index is 1210. The Morgan fingerprint density at radius 1 is 0.902 bits per heavy atom. The van der Waals surface area contributed by atoms with Crippen LogP contribution in [0.5, 0.6) is 0 Å². The van der Waals surface area contributed by atoms with Crippen molar-refractivity contribution in [2.75, 3.05) is 40.8 Å². The van der Waals surface area contributed by atoms with E-state index in [0.717, 1.165) is 36.4 Å². The van der Waals surface area contributed by atoms with Crippen molar-refractivity contribution in [3.05, 3.63) is 70.0 Å². The third-order valence-electron chi connectivity index (χ3n) is 8.34. The monoisotopic (exact) mass is 588 g/mol. The van der Waals surface area contributed by atoms with Crippen molar-refractivity contribution < 1.29 is 35.5 Å². The third kappa shape index (κ3) is 6.97. The number of benzene rings is 2. The number of alkyl halides is 6. The third-order valence-corrected chi connectivity index (χ3v) is 8.34. The molecule has 0 aliphatic carbocycles. The SMILES string of the molecule is Cc1cc(F)ccc1C1C(N(C)C2CCN(C)CC2)CCN1C(=O)N(C)Cc1cc(C(F)(F)F)cc(C(F)(F)F)c1. The second-order valence-corrected chi connectivity index (χ2v) is 11.2. The van der Waals surface area contributed by atoms with Gasteiger partial charge in [-0.1, -0.05) is 6.07 Å². The number of hydrogen-bond acceptors (Lipinski definition) is 3. The summed E-state index contributed by atoms with van der Waals surface area (Å²) in [5.41, 5.74) is -1.72. The van der Waals surface area contributed by atoms with E-state index in [4.69, 9.17) is 0 Å². The lowest BCUT2D eigenvalue weighted by molar-refractivity contribution is -0.143. The summed E-state index contributed by atoms with van der Waals surface area (Å²) in [7, 11) is 5.44. The molecule has 0 spiro atoms. The first-order chi connectivity index (χ1) is 19.1. The number of hydrogen-bond donors (Lipinski definition) is 0. The molecule has 2 aromatic rings. The first-order valence-corrected chi connectivity index (χ1v) is 13.5. The zero-order chi connectivity index (χ0) is 30.3. The van der Waals surface area contributed by atoms with E-state index in [9.17, 15) is 35.5 Å². The average molecular weight is 589 g/mol. The molecule has 226 valence electrons. The van der Waals surface area contributed by atoms with Gasteiger partial charge in [-0.05, 0) is 100 Å². The number of likely N-dealkylation sites (tertiary alicyclic amines) is 2. The molecule has 2 atom stereocenters. The largest absolute Gasteiger partial charge is 0.416 e.